The van der Waals surface area contributed by atoms with Crippen molar-refractivity contribution in [2.45, 2.75) is 6.92 Å². The van der Waals surface area contributed by atoms with Gasteiger partial charge in [-0.2, -0.15) is 0 Å². The Labute approximate surface area is 171 Å². The molecule has 2 aromatic carbocycles. The van der Waals surface area contributed by atoms with E-state index in [4.69, 9.17) is 16.6 Å². The monoisotopic (exact) mass is 440 g/mol. The van der Waals surface area contributed by atoms with E-state index < -0.39 is 0 Å². The zero-order chi connectivity index (χ0) is 19.2. The Morgan fingerprint density at radius 3 is 2.63 bits per heavy atom. The van der Waals surface area contributed by atoms with Gasteiger partial charge in [-0.05, 0) is 61.1 Å². The summed E-state index contributed by atoms with van der Waals surface area (Å²) >= 11 is 8.61. The van der Waals surface area contributed by atoms with Crippen LogP contribution in [-0.4, -0.2) is 11.0 Å². The smallest absolute Gasteiger partial charge is 0.250 e. The Kier molecular flexibility index (Phi) is 6.21. The van der Waals surface area contributed by atoms with Crippen LogP contribution in [0.3, 0.4) is 0 Å². The van der Waals surface area contributed by atoms with E-state index >= 15 is 0 Å². The van der Waals surface area contributed by atoms with Crippen molar-refractivity contribution in [3.8, 4) is 11.3 Å². The van der Waals surface area contributed by atoms with Gasteiger partial charge in [0.25, 0.3) is 0 Å². The number of furan rings is 1. The Hall–Kier alpha value is -2.70. The van der Waals surface area contributed by atoms with E-state index in [0.717, 1.165) is 27.0 Å². The van der Waals surface area contributed by atoms with Crippen molar-refractivity contribution in [2.75, 3.05) is 5.32 Å². The Balaban J connectivity index is 1.57. The van der Waals surface area contributed by atoms with Crippen LogP contribution in [0.1, 0.15) is 11.3 Å². The zero-order valence-electron chi connectivity index (χ0n) is 14.5. The molecule has 0 radical (unpaired) electrons. The molecule has 0 saturated heterocycles. The third kappa shape index (κ3) is 5.39. The van der Waals surface area contributed by atoms with Gasteiger partial charge in [0.15, 0.2) is 5.11 Å². The van der Waals surface area contributed by atoms with Gasteiger partial charge in [-0.15, -0.1) is 0 Å². The van der Waals surface area contributed by atoms with E-state index in [1.807, 2.05) is 67.6 Å². The SMILES string of the molecule is Cc1cc(Br)ccc1NC(=S)NC(=O)/C=C/c1ccc(-c2ccccc2)o1. The minimum atomic E-state index is -0.333. The van der Waals surface area contributed by atoms with Crippen LogP contribution < -0.4 is 10.6 Å². The summed E-state index contributed by atoms with van der Waals surface area (Å²) in [5, 5.41) is 5.87. The lowest BCUT2D eigenvalue weighted by Crippen LogP contribution is -2.33. The summed E-state index contributed by atoms with van der Waals surface area (Å²) in [6, 6.07) is 19.2. The van der Waals surface area contributed by atoms with Gasteiger partial charge in [0.1, 0.15) is 11.5 Å². The molecule has 3 aromatic rings. The standard InChI is InChI=1S/C21H17BrN2O2S/c1-14-13-16(22)7-10-18(14)23-21(27)24-20(25)12-9-17-8-11-19(26-17)15-5-3-2-4-6-15/h2-13H,1H3,(H2,23,24,25,27)/b12-9+. The molecule has 0 saturated carbocycles. The molecular weight excluding hydrogens is 424 g/mol. The number of aryl methyl sites for hydroxylation is 1. The molecule has 0 aliphatic carbocycles. The third-order valence-corrected chi connectivity index (χ3v) is 4.45. The molecule has 1 amide bonds. The van der Waals surface area contributed by atoms with Crippen LogP contribution in [0.15, 0.2) is 75.6 Å². The summed E-state index contributed by atoms with van der Waals surface area (Å²) < 4.78 is 6.71. The summed E-state index contributed by atoms with van der Waals surface area (Å²) in [5.74, 6) is 1.00. The molecule has 1 heterocycles. The number of nitrogens with one attached hydrogen (secondary N) is 2. The van der Waals surface area contributed by atoms with Crippen molar-refractivity contribution in [1.29, 1.82) is 0 Å². The number of hydrogen-bond acceptors (Lipinski definition) is 3. The molecule has 0 fully saturated rings. The van der Waals surface area contributed by atoms with Crippen molar-refractivity contribution >= 4 is 50.9 Å². The first-order valence-electron chi connectivity index (χ1n) is 8.23. The molecule has 4 nitrogen and oxygen atoms in total. The lowest BCUT2D eigenvalue weighted by atomic mass is 10.2. The number of rotatable bonds is 4. The number of benzene rings is 2. The average molecular weight is 441 g/mol. The lowest BCUT2D eigenvalue weighted by molar-refractivity contribution is -0.115. The van der Waals surface area contributed by atoms with Crippen LogP contribution >= 0.6 is 28.1 Å². The summed E-state index contributed by atoms with van der Waals surface area (Å²) in [6.45, 7) is 1.96. The lowest BCUT2D eigenvalue weighted by Gasteiger charge is -2.10. The first kappa shape index (κ1) is 19.1. The molecule has 2 N–H and O–H groups in total. The molecule has 0 aliphatic heterocycles. The highest BCUT2D eigenvalue weighted by molar-refractivity contribution is 9.10. The van der Waals surface area contributed by atoms with E-state index in [-0.39, 0.29) is 11.0 Å². The molecule has 136 valence electrons. The summed E-state index contributed by atoms with van der Waals surface area (Å²) in [4.78, 5) is 12.1. The molecule has 3 rings (SSSR count). The van der Waals surface area contributed by atoms with Gasteiger partial charge in [0.05, 0.1) is 0 Å². The fraction of sp³-hybridized carbons (Fsp3) is 0.0476. The second-order valence-electron chi connectivity index (χ2n) is 5.80. The number of thiocarbonyl (C=S) groups is 1. The number of anilines is 1. The quantitative estimate of drug-likeness (QED) is 0.412. The van der Waals surface area contributed by atoms with Gasteiger partial charge >= 0.3 is 0 Å². The molecule has 0 unspecified atom stereocenters. The van der Waals surface area contributed by atoms with E-state index in [1.165, 1.54) is 6.08 Å². The molecule has 27 heavy (non-hydrogen) atoms. The van der Waals surface area contributed by atoms with Gasteiger partial charge in [-0.3, -0.25) is 10.1 Å². The van der Waals surface area contributed by atoms with Crippen molar-refractivity contribution in [2.24, 2.45) is 0 Å². The number of amides is 1. The second kappa shape index (κ2) is 8.79. The first-order chi connectivity index (χ1) is 13.0. The van der Waals surface area contributed by atoms with Gasteiger partial charge in [0, 0.05) is 21.8 Å². The van der Waals surface area contributed by atoms with Crippen LogP contribution in [-0.2, 0) is 4.79 Å². The van der Waals surface area contributed by atoms with Crippen LogP contribution in [0, 0.1) is 6.92 Å². The van der Waals surface area contributed by atoms with E-state index in [9.17, 15) is 4.79 Å². The minimum Gasteiger partial charge on any atom is -0.457 e. The van der Waals surface area contributed by atoms with E-state index in [2.05, 4.69) is 26.6 Å². The van der Waals surface area contributed by atoms with Crippen molar-refractivity contribution < 1.29 is 9.21 Å². The molecule has 0 atom stereocenters. The number of carbonyl (C=O) groups is 1. The molecule has 0 aliphatic rings. The Bertz CT molecular complexity index is 996. The van der Waals surface area contributed by atoms with Crippen LogP contribution in [0.2, 0.25) is 0 Å². The fourth-order valence-corrected chi connectivity index (χ4v) is 3.12. The number of halogens is 1. The van der Waals surface area contributed by atoms with E-state index in [0.29, 0.717) is 5.76 Å². The molecular formula is C21H17BrN2O2S. The van der Waals surface area contributed by atoms with Gasteiger partial charge in [0.2, 0.25) is 5.91 Å². The van der Waals surface area contributed by atoms with E-state index in [1.54, 1.807) is 6.08 Å². The predicted octanol–water partition coefficient (Wildman–Crippen LogP) is 5.54. The summed E-state index contributed by atoms with van der Waals surface area (Å²) in [7, 11) is 0. The molecule has 6 heteroatoms. The number of carbonyl (C=O) groups excluding carboxylic acids is 1. The Morgan fingerprint density at radius 2 is 1.89 bits per heavy atom. The molecule has 1 aromatic heterocycles. The summed E-state index contributed by atoms with van der Waals surface area (Å²) in [6.07, 6.45) is 2.99. The zero-order valence-corrected chi connectivity index (χ0v) is 16.9. The second-order valence-corrected chi connectivity index (χ2v) is 7.13. The predicted molar refractivity (Wildman–Crippen MR) is 116 cm³/mol. The Morgan fingerprint density at radius 1 is 1.11 bits per heavy atom. The molecule has 0 spiro atoms. The minimum absolute atomic E-state index is 0.236. The van der Waals surface area contributed by atoms with Crippen molar-refractivity contribution in [3.05, 3.63) is 82.5 Å². The van der Waals surface area contributed by atoms with Crippen LogP contribution in [0.25, 0.3) is 17.4 Å². The van der Waals surface area contributed by atoms with Crippen molar-refractivity contribution in [1.82, 2.24) is 5.32 Å². The first-order valence-corrected chi connectivity index (χ1v) is 9.43. The maximum atomic E-state index is 12.1. The fourth-order valence-electron chi connectivity index (χ4n) is 2.43. The normalized spacial score (nSPS) is 10.7. The van der Waals surface area contributed by atoms with Crippen LogP contribution in [0.5, 0.6) is 0 Å². The summed E-state index contributed by atoms with van der Waals surface area (Å²) in [5.41, 5.74) is 2.84. The van der Waals surface area contributed by atoms with Gasteiger partial charge < -0.3 is 9.73 Å². The third-order valence-electron chi connectivity index (χ3n) is 3.76. The van der Waals surface area contributed by atoms with Gasteiger partial charge in [-0.1, -0.05) is 46.3 Å². The average Bonchev–Trinajstić information content (AvgIpc) is 3.12. The van der Waals surface area contributed by atoms with Crippen LogP contribution in [0.4, 0.5) is 5.69 Å². The maximum absolute atomic E-state index is 12.1. The van der Waals surface area contributed by atoms with Gasteiger partial charge in [-0.25, -0.2) is 0 Å². The highest BCUT2D eigenvalue weighted by atomic mass is 79.9. The maximum Gasteiger partial charge on any atom is 0.250 e. The number of hydrogen-bond donors (Lipinski definition) is 2. The highest BCUT2D eigenvalue weighted by Crippen LogP contribution is 2.22. The molecule has 0 bridgehead atoms. The van der Waals surface area contributed by atoms with Crippen molar-refractivity contribution in [3.63, 3.8) is 0 Å². The topological polar surface area (TPSA) is 54.3 Å². The largest absolute Gasteiger partial charge is 0.457 e. The highest BCUT2D eigenvalue weighted by Gasteiger charge is 2.06.